The summed E-state index contributed by atoms with van der Waals surface area (Å²) in [4.78, 5) is 10.5. The van der Waals surface area contributed by atoms with Gasteiger partial charge in [-0.3, -0.25) is 4.79 Å². The van der Waals surface area contributed by atoms with E-state index < -0.39 is 6.10 Å². The van der Waals surface area contributed by atoms with Crippen LogP contribution in [0.15, 0.2) is 0 Å². The molecule has 0 aliphatic rings. The van der Waals surface area contributed by atoms with Crippen LogP contribution >= 0.6 is 0 Å². The molecule has 54 valence electrons. The van der Waals surface area contributed by atoms with E-state index >= 15 is 0 Å². The van der Waals surface area contributed by atoms with E-state index in [2.05, 4.69) is 5.32 Å². The van der Waals surface area contributed by atoms with Crippen molar-refractivity contribution in [3.05, 3.63) is 0 Å². The Morgan fingerprint density at radius 2 is 2.44 bits per heavy atom. The number of carbonyl (C=O) groups excluding carboxylic acids is 1. The molecular formula is C5H12N2O2. The monoisotopic (exact) mass is 132 g/mol. The van der Waals surface area contributed by atoms with E-state index in [9.17, 15) is 4.79 Å². The van der Waals surface area contributed by atoms with Crippen molar-refractivity contribution in [1.29, 1.82) is 0 Å². The molecule has 0 saturated heterocycles. The molecule has 0 bridgehead atoms. The molecule has 0 radical (unpaired) electrons. The second-order valence-electron chi connectivity index (χ2n) is 1.77. The molecule has 1 atom stereocenters. The van der Waals surface area contributed by atoms with Crippen molar-refractivity contribution in [2.45, 2.75) is 12.5 Å². The van der Waals surface area contributed by atoms with Gasteiger partial charge >= 0.3 is 0 Å². The maximum atomic E-state index is 10.5. The number of nitrogens with one attached hydrogen (secondary N) is 1. The van der Waals surface area contributed by atoms with Crippen molar-refractivity contribution in [3.63, 3.8) is 0 Å². The van der Waals surface area contributed by atoms with Gasteiger partial charge in [-0.1, -0.05) is 0 Å². The van der Waals surface area contributed by atoms with E-state index in [1.165, 1.54) is 7.05 Å². The van der Waals surface area contributed by atoms with Crippen molar-refractivity contribution in [2.75, 3.05) is 13.6 Å². The number of hydrogen-bond acceptors (Lipinski definition) is 3. The number of amides is 1. The van der Waals surface area contributed by atoms with Crippen molar-refractivity contribution in [3.8, 4) is 0 Å². The molecule has 1 amide bonds. The fraction of sp³-hybridized carbons (Fsp3) is 0.800. The van der Waals surface area contributed by atoms with E-state index in [1.807, 2.05) is 0 Å². The summed E-state index contributed by atoms with van der Waals surface area (Å²) < 4.78 is 0. The summed E-state index contributed by atoms with van der Waals surface area (Å²) >= 11 is 0. The van der Waals surface area contributed by atoms with Crippen molar-refractivity contribution in [2.24, 2.45) is 5.73 Å². The third-order valence-corrected chi connectivity index (χ3v) is 0.972. The number of hydrogen-bond donors (Lipinski definition) is 3. The molecule has 4 N–H and O–H groups in total. The average Bonchev–Trinajstić information content (AvgIpc) is 1.87. The zero-order valence-electron chi connectivity index (χ0n) is 5.42. The van der Waals surface area contributed by atoms with E-state index in [1.54, 1.807) is 0 Å². The number of rotatable bonds is 3. The molecule has 0 heterocycles. The molecule has 0 unspecified atom stereocenters. The summed E-state index contributed by atoms with van der Waals surface area (Å²) in [7, 11) is 1.52. The Morgan fingerprint density at radius 3 is 2.78 bits per heavy atom. The SMILES string of the molecule is CNC(=O)C[C@H](O)CN. The van der Waals surface area contributed by atoms with Gasteiger partial charge in [0.2, 0.25) is 5.91 Å². The Morgan fingerprint density at radius 1 is 1.89 bits per heavy atom. The molecule has 0 aliphatic carbocycles. The molecule has 9 heavy (non-hydrogen) atoms. The van der Waals surface area contributed by atoms with Crippen molar-refractivity contribution in [1.82, 2.24) is 5.32 Å². The zero-order valence-corrected chi connectivity index (χ0v) is 5.42. The number of aliphatic hydroxyl groups excluding tert-OH is 1. The minimum atomic E-state index is -0.704. The first-order valence-electron chi connectivity index (χ1n) is 2.79. The highest BCUT2D eigenvalue weighted by atomic mass is 16.3. The molecule has 0 aromatic carbocycles. The normalized spacial score (nSPS) is 12.8. The smallest absolute Gasteiger partial charge is 0.222 e. The van der Waals surface area contributed by atoms with Gasteiger partial charge in [0.1, 0.15) is 0 Å². The fourth-order valence-electron chi connectivity index (χ4n) is 0.399. The number of aliphatic hydroxyl groups is 1. The minimum Gasteiger partial charge on any atom is -0.391 e. The second-order valence-corrected chi connectivity index (χ2v) is 1.77. The van der Waals surface area contributed by atoms with Crippen LogP contribution < -0.4 is 11.1 Å². The van der Waals surface area contributed by atoms with E-state index in [0.29, 0.717) is 0 Å². The lowest BCUT2D eigenvalue weighted by atomic mass is 10.2. The third-order valence-electron chi connectivity index (χ3n) is 0.972. The first-order valence-corrected chi connectivity index (χ1v) is 2.79. The standard InChI is InChI=1S/C5H12N2O2/c1-7-5(9)2-4(8)3-6/h4,8H,2-3,6H2,1H3,(H,7,9)/t4-/m0/s1. The summed E-state index contributed by atoms with van der Waals surface area (Å²) in [5.41, 5.74) is 5.05. The van der Waals surface area contributed by atoms with E-state index in [-0.39, 0.29) is 18.9 Å². The molecule has 0 fully saturated rings. The van der Waals surface area contributed by atoms with Gasteiger partial charge in [0.15, 0.2) is 0 Å². The van der Waals surface area contributed by atoms with Gasteiger partial charge < -0.3 is 16.2 Å². The topological polar surface area (TPSA) is 75.3 Å². The van der Waals surface area contributed by atoms with Crippen molar-refractivity contribution >= 4 is 5.91 Å². The van der Waals surface area contributed by atoms with Crippen LogP contribution in [0.4, 0.5) is 0 Å². The van der Waals surface area contributed by atoms with Crippen LogP contribution in [0, 0.1) is 0 Å². The number of carbonyl (C=O) groups is 1. The van der Waals surface area contributed by atoms with Gasteiger partial charge in [-0.15, -0.1) is 0 Å². The van der Waals surface area contributed by atoms with Gasteiger partial charge in [0, 0.05) is 13.6 Å². The highest BCUT2D eigenvalue weighted by Gasteiger charge is 2.05. The summed E-state index contributed by atoms with van der Waals surface area (Å²) in [6.45, 7) is 0.132. The second kappa shape index (κ2) is 4.29. The highest BCUT2D eigenvalue weighted by molar-refractivity contribution is 5.75. The summed E-state index contributed by atoms with van der Waals surface area (Å²) in [5, 5.41) is 11.1. The van der Waals surface area contributed by atoms with Crippen LogP contribution in [-0.4, -0.2) is 30.7 Å². The molecule has 0 saturated carbocycles. The minimum absolute atomic E-state index is 0.0903. The summed E-state index contributed by atoms with van der Waals surface area (Å²) in [6.07, 6.45) is -0.613. The van der Waals surface area contributed by atoms with Gasteiger partial charge in [0.25, 0.3) is 0 Å². The fourth-order valence-corrected chi connectivity index (χ4v) is 0.399. The molecule has 4 nitrogen and oxygen atoms in total. The van der Waals surface area contributed by atoms with Crippen LogP contribution in [0.25, 0.3) is 0 Å². The molecule has 0 aromatic heterocycles. The van der Waals surface area contributed by atoms with Gasteiger partial charge in [-0.2, -0.15) is 0 Å². The maximum Gasteiger partial charge on any atom is 0.222 e. The third kappa shape index (κ3) is 3.93. The Labute approximate surface area is 54.0 Å². The molecule has 0 aromatic rings. The first kappa shape index (κ1) is 8.39. The average molecular weight is 132 g/mol. The molecule has 0 spiro atoms. The van der Waals surface area contributed by atoms with E-state index in [4.69, 9.17) is 10.8 Å². The Bertz CT molecular complexity index is 95.0. The highest BCUT2D eigenvalue weighted by Crippen LogP contribution is 1.86. The quantitative estimate of drug-likeness (QED) is 0.435. The van der Waals surface area contributed by atoms with Crippen LogP contribution in [0.1, 0.15) is 6.42 Å². The largest absolute Gasteiger partial charge is 0.391 e. The maximum absolute atomic E-state index is 10.5. The summed E-state index contributed by atoms with van der Waals surface area (Å²) in [5.74, 6) is -0.187. The van der Waals surface area contributed by atoms with Crippen LogP contribution in [0.3, 0.4) is 0 Å². The Kier molecular flexibility index (Phi) is 4.00. The predicted molar refractivity (Wildman–Crippen MR) is 33.7 cm³/mol. The first-order chi connectivity index (χ1) is 4.20. The van der Waals surface area contributed by atoms with Gasteiger partial charge in [0.05, 0.1) is 12.5 Å². The summed E-state index contributed by atoms with van der Waals surface area (Å²) in [6, 6.07) is 0. The van der Waals surface area contributed by atoms with Gasteiger partial charge in [-0.05, 0) is 0 Å². The zero-order chi connectivity index (χ0) is 7.28. The Hall–Kier alpha value is -0.610. The Balaban J connectivity index is 3.34. The lowest BCUT2D eigenvalue weighted by Crippen LogP contribution is -2.28. The molecule has 4 heteroatoms. The van der Waals surface area contributed by atoms with Crippen LogP contribution in [0.2, 0.25) is 0 Å². The lowest BCUT2D eigenvalue weighted by molar-refractivity contribution is -0.122. The van der Waals surface area contributed by atoms with Gasteiger partial charge in [-0.25, -0.2) is 0 Å². The van der Waals surface area contributed by atoms with E-state index in [0.717, 1.165) is 0 Å². The molecule has 0 rings (SSSR count). The number of nitrogens with two attached hydrogens (primary N) is 1. The molecular weight excluding hydrogens is 120 g/mol. The predicted octanol–water partition coefficient (Wildman–Crippen LogP) is -1.56. The molecule has 0 aliphatic heterocycles. The lowest BCUT2D eigenvalue weighted by Gasteiger charge is -2.04. The van der Waals surface area contributed by atoms with Crippen LogP contribution in [-0.2, 0) is 4.79 Å². The van der Waals surface area contributed by atoms with Crippen LogP contribution in [0.5, 0.6) is 0 Å². The van der Waals surface area contributed by atoms with Crippen molar-refractivity contribution < 1.29 is 9.90 Å².